The lowest BCUT2D eigenvalue weighted by Crippen LogP contribution is -2.39. The molecule has 1 heterocycles. The van der Waals surface area contributed by atoms with E-state index in [-0.39, 0.29) is 48.5 Å². The molecule has 9 heteroatoms. The van der Waals surface area contributed by atoms with Gasteiger partial charge in [-0.05, 0) is 60.9 Å². The highest BCUT2D eigenvalue weighted by molar-refractivity contribution is 6.06. The van der Waals surface area contributed by atoms with Crippen LogP contribution in [0.1, 0.15) is 34.0 Å². The number of nitrogens with two attached hydrogens (primary N) is 1. The molecule has 0 spiro atoms. The summed E-state index contributed by atoms with van der Waals surface area (Å²) in [6.07, 6.45) is 0.790. The number of hydrogen-bond acceptors (Lipinski definition) is 4. The van der Waals surface area contributed by atoms with Gasteiger partial charge in [-0.2, -0.15) is 0 Å². The van der Waals surface area contributed by atoms with E-state index in [4.69, 9.17) is 11.1 Å². The predicted molar refractivity (Wildman–Crippen MR) is 150 cm³/mol. The molecule has 2 amide bonds. The minimum Gasteiger partial charge on any atom is -0.384 e. The molecular weight excluding hydrogens is 497 g/mol. The number of carbonyl (C=O) groups is 2. The second kappa shape index (κ2) is 12.4. The molecule has 36 heavy (non-hydrogen) atoms. The molecule has 1 aliphatic heterocycles. The number of nitrogens with zero attached hydrogens (tertiary/aromatic N) is 2. The van der Waals surface area contributed by atoms with Gasteiger partial charge in [-0.25, -0.2) is 0 Å². The molecule has 1 atom stereocenters. The molecule has 3 aromatic carbocycles. The van der Waals surface area contributed by atoms with E-state index in [1.165, 1.54) is 5.56 Å². The van der Waals surface area contributed by atoms with E-state index in [0.717, 1.165) is 17.7 Å². The van der Waals surface area contributed by atoms with E-state index in [9.17, 15) is 9.59 Å². The van der Waals surface area contributed by atoms with Crippen LogP contribution in [0.3, 0.4) is 0 Å². The largest absolute Gasteiger partial charge is 0.384 e. The molecule has 0 aliphatic carbocycles. The molecule has 0 aromatic heterocycles. The summed E-state index contributed by atoms with van der Waals surface area (Å²) in [6.45, 7) is 2.98. The highest BCUT2D eigenvalue weighted by atomic mass is 35.5. The zero-order valence-electron chi connectivity index (χ0n) is 20.2. The monoisotopic (exact) mass is 527 g/mol. The quantitative estimate of drug-likeness (QED) is 0.324. The van der Waals surface area contributed by atoms with Gasteiger partial charge >= 0.3 is 0 Å². The highest BCUT2D eigenvalue weighted by Crippen LogP contribution is 2.26. The first-order valence-electron chi connectivity index (χ1n) is 11.3. The van der Waals surface area contributed by atoms with Gasteiger partial charge in [0.1, 0.15) is 11.9 Å². The number of carbonyl (C=O) groups excluding carboxylic acids is 2. The number of nitrogens with one attached hydrogen (secondary N) is 2. The third-order valence-electron chi connectivity index (χ3n) is 6.16. The van der Waals surface area contributed by atoms with Gasteiger partial charge in [0, 0.05) is 42.6 Å². The number of benzene rings is 3. The molecule has 0 bridgehead atoms. The third kappa shape index (κ3) is 6.36. The Morgan fingerprint density at radius 3 is 2.33 bits per heavy atom. The van der Waals surface area contributed by atoms with Gasteiger partial charge in [-0.3, -0.25) is 15.0 Å². The van der Waals surface area contributed by atoms with E-state index in [1.54, 1.807) is 42.3 Å². The number of amides is 2. The van der Waals surface area contributed by atoms with E-state index < -0.39 is 0 Å². The van der Waals surface area contributed by atoms with Crippen molar-refractivity contribution in [3.63, 3.8) is 0 Å². The molecule has 0 saturated carbocycles. The maximum Gasteiger partial charge on any atom is 0.258 e. The summed E-state index contributed by atoms with van der Waals surface area (Å²) in [5.74, 6) is -0.133. The average Bonchev–Trinajstić information content (AvgIpc) is 2.97. The number of fused-ring (bicyclic) bond motifs is 1. The van der Waals surface area contributed by atoms with Gasteiger partial charge in [0.2, 0.25) is 5.91 Å². The number of nitrogen functional groups attached to an aromatic ring is 1. The fraction of sp³-hybridized carbons (Fsp3) is 0.222. The normalized spacial score (nSPS) is 14.3. The van der Waals surface area contributed by atoms with Crippen molar-refractivity contribution in [2.24, 2.45) is 5.73 Å². The fourth-order valence-corrected chi connectivity index (χ4v) is 4.11. The Hall–Kier alpha value is -3.55. The Bertz CT molecular complexity index is 1220. The zero-order valence-corrected chi connectivity index (χ0v) is 21.9. The molecule has 0 unspecified atom stereocenters. The van der Waals surface area contributed by atoms with Crippen LogP contribution in [-0.4, -0.2) is 42.2 Å². The number of amidine groups is 1. The topological polar surface area (TPSA) is 103 Å². The van der Waals surface area contributed by atoms with E-state index in [0.29, 0.717) is 29.9 Å². The predicted octanol–water partition coefficient (Wildman–Crippen LogP) is 4.48. The summed E-state index contributed by atoms with van der Waals surface area (Å²) < 4.78 is 0. The Morgan fingerprint density at radius 2 is 1.69 bits per heavy atom. The average molecular weight is 528 g/mol. The van der Waals surface area contributed by atoms with Crippen molar-refractivity contribution >= 4 is 53.8 Å². The van der Waals surface area contributed by atoms with Crippen LogP contribution in [0.4, 0.5) is 11.4 Å². The minimum absolute atomic E-state index is 0. The van der Waals surface area contributed by atoms with Crippen LogP contribution in [0.25, 0.3) is 0 Å². The van der Waals surface area contributed by atoms with Gasteiger partial charge in [0.15, 0.2) is 0 Å². The van der Waals surface area contributed by atoms with Crippen molar-refractivity contribution in [2.75, 3.05) is 23.8 Å². The number of rotatable bonds is 6. The van der Waals surface area contributed by atoms with Gasteiger partial charge in [0.05, 0.1) is 0 Å². The van der Waals surface area contributed by atoms with Crippen molar-refractivity contribution < 1.29 is 9.59 Å². The summed E-state index contributed by atoms with van der Waals surface area (Å²) in [6, 6.07) is 22.3. The second-order valence-corrected chi connectivity index (χ2v) is 8.56. The maximum atomic E-state index is 13.2. The summed E-state index contributed by atoms with van der Waals surface area (Å²) in [4.78, 5) is 29.6. The minimum atomic E-state index is -0.390. The van der Waals surface area contributed by atoms with Crippen molar-refractivity contribution in [3.8, 4) is 0 Å². The number of anilines is 2. The smallest absolute Gasteiger partial charge is 0.258 e. The van der Waals surface area contributed by atoms with Crippen LogP contribution in [0, 0.1) is 5.41 Å². The summed E-state index contributed by atoms with van der Waals surface area (Å²) in [5, 5.41) is 10.8. The lowest BCUT2D eigenvalue weighted by molar-refractivity contribution is -0.132. The molecule has 0 saturated heterocycles. The molecule has 4 N–H and O–H groups in total. The zero-order chi connectivity index (χ0) is 24.2. The Balaban J connectivity index is 0.00000228. The second-order valence-electron chi connectivity index (χ2n) is 8.56. The number of halogens is 2. The van der Waals surface area contributed by atoms with E-state index >= 15 is 0 Å². The van der Waals surface area contributed by atoms with Gasteiger partial charge < -0.3 is 20.9 Å². The highest BCUT2D eigenvalue weighted by Gasteiger charge is 2.27. The Kier molecular flexibility index (Phi) is 9.90. The SMILES string of the molecule is C[C@H]1Nc2cc(C(=O)N(C)c3ccc(C(=N)N)cc3)ccc2CN(CCc2ccccc2)C1=O.Cl.Cl. The first-order chi connectivity index (χ1) is 16.3. The van der Waals surface area contributed by atoms with Crippen LogP contribution < -0.4 is 16.0 Å². The van der Waals surface area contributed by atoms with Crippen LogP contribution in [-0.2, 0) is 17.8 Å². The van der Waals surface area contributed by atoms with E-state index in [1.807, 2.05) is 42.2 Å². The third-order valence-corrected chi connectivity index (χ3v) is 6.16. The molecule has 4 rings (SSSR count). The van der Waals surface area contributed by atoms with Crippen LogP contribution in [0.5, 0.6) is 0 Å². The van der Waals surface area contributed by atoms with Gasteiger partial charge in [-0.1, -0.05) is 36.4 Å². The summed E-state index contributed by atoms with van der Waals surface area (Å²) in [7, 11) is 1.71. The summed E-state index contributed by atoms with van der Waals surface area (Å²) >= 11 is 0. The molecule has 7 nitrogen and oxygen atoms in total. The summed E-state index contributed by atoms with van der Waals surface area (Å²) in [5.41, 5.74) is 10.3. The fourth-order valence-electron chi connectivity index (χ4n) is 4.11. The molecular formula is C27H31Cl2N5O2. The van der Waals surface area contributed by atoms with Gasteiger partial charge in [0.25, 0.3) is 5.91 Å². The first-order valence-corrected chi connectivity index (χ1v) is 11.3. The van der Waals surface area contributed by atoms with Crippen LogP contribution >= 0.6 is 24.8 Å². The van der Waals surface area contributed by atoms with Crippen LogP contribution in [0.15, 0.2) is 72.8 Å². The molecule has 1 aliphatic rings. The molecule has 0 radical (unpaired) electrons. The van der Waals surface area contributed by atoms with Crippen LogP contribution in [0.2, 0.25) is 0 Å². The standard InChI is InChI=1S/C27H29N5O2.2ClH/c1-18-26(33)32(15-14-19-6-4-3-5-7-19)17-22-9-8-21(16-24(22)30-18)27(34)31(2)23-12-10-20(11-13-23)25(28)29;;/h3-13,16,18,30H,14-15,17H2,1-2H3,(H3,28,29);2*1H/t18-;;/m1../s1. The number of hydrogen-bond donors (Lipinski definition) is 3. The molecule has 3 aromatic rings. The Morgan fingerprint density at radius 1 is 1.06 bits per heavy atom. The lowest BCUT2D eigenvalue weighted by Gasteiger charge is -2.23. The van der Waals surface area contributed by atoms with Crippen molar-refractivity contribution in [3.05, 3.63) is 95.1 Å². The molecule has 0 fully saturated rings. The first kappa shape index (κ1) is 28.7. The van der Waals surface area contributed by atoms with Crippen molar-refractivity contribution in [1.82, 2.24) is 4.90 Å². The van der Waals surface area contributed by atoms with E-state index in [2.05, 4.69) is 17.4 Å². The van der Waals surface area contributed by atoms with Gasteiger partial charge in [-0.15, -0.1) is 24.8 Å². The Labute approximate surface area is 224 Å². The van der Waals surface area contributed by atoms with Crippen molar-refractivity contribution in [2.45, 2.75) is 25.9 Å². The van der Waals surface area contributed by atoms with Crippen molar-refractivity contribution in [1.29, 1.82) is 5.41 Å². The lowest BCUT2D eigenvalue weighted by atomic mass is 10.1. The maximum absolute atomic E-state index is 13.2. The molecule has 190 valence electrons.